The Kier molecular flexibility index (Phi) is 4.00. The minimum Gasteiger partial charge on any atom is -0.371 e. The fraction of sp³-hybridized carbons (Fsp3) is 0.500. The lowest BCUT2D eigenvalue weighted by atomic mass is 9.94. The third kappa shape index (κ3) is 2.84. The van der Waals surface area contributed by atoms with Gasteiger partial charge in [0.15, 0.2) is 0 Å². The van der Waals surface area contributed by atoms with Crippen LogP contribution in [0.4, 0.5) is 11.4 Å². The third-order valence-corrected chi connectivity index (χ3v) is 3.86. The zero-order valence-corrected chi connectivity index (χ0v) is 11.0. The van der Waals surface area contributed by atoms with Gasteiger partial charge >= 0.3 is 0 Å². The van der Waals surface area contributed by atoms with E-state index in [0.717, 1.165) is 37.5 Å². The van der Waals surface area contributed by atoms with Gasteiger partial charge in [-0.1, -0.05) is 13.3 Å². The summed E-state index contributed by atoms with van der Waals surface area (Å²) in [5.41, 5.74) is 0.870. The summed E-state index contributed by atoms with van der Waals surface area (Å²) in [5.74, 6) is 0.768. The van der Waals surface area contributed by atoms with Crippen LogP contribution in [0.3, 0.4) is 0 Å². The molecule has 1 saturated heterocycles. The van der Waals surface area contributed by atoms with Gasteiger partial charge in [0.25, 0.3) is 5.69 Å². The molecule has 1 fully saturated rings. The molecule has 1 heterocycles. The van der Waals surface area contributed by atoms with Crippen LogP contribution in [-0.4, -0.2) is 18.0 Å². The smallest absolute Gasteiger partial charge is 0.289 e. The van der Waals surface area contributed by atoms with E-state index in [-0.39, 0.29) is 11.3 Å². The zero-order valence-electron chi connectivity index (χ0n) is 11.0. The number of nitro groups is 1. The molecule has 1 aliphatic rings. The number of anilines is 1. The van der Waals surface area contributed by atoms with Crippen LogP contribution < -0.4 is 4.90 Å². The second-order valence-electron chi connectivity index (χ2n) is 4.91. The molecule has 0 unspecified atom stereocenters. The molecular formula is C14H17N3O2. The number of nitrogens with zero attached hydrogens (tertiary/aromatic N) is 3. The number of hydrogen-bond acceptors (Lipinski definition) is 4. The Morgan fingerprint density at radius 3 is 2.68 bits per heavy atom. The Labute approximate surface area is 112 Å². The first kappa shape index (κ1) is 13.3. The maximum absolute atomic E-state index is 10.9. The summed E-state index contributed by atoms with van der Waals surface area (Å²) < 4.78 is 0. The molecule has 0 aliphatic carbocycles. The second-order valence-corrected chi connectivity index (χ2v) is 4.91. The summed E-state index contributed by atoms with van der Waals surface area (Å²) >= 11 is 0. The SMILES string of the molecule is CCC1CCN(c2ccc(C#N)c([N+](=O)[O-])c2)CC1. The van der Waals surface area contributed by atoms with Crippen molar-refractivity contribution < 1.29 is 4.92 Å². The van der Waals surface area contributed by atoms with Crippen LogP contribution in [0.1, 0.15) is 31.7 Å². The lowest BCUT2D eigenvalue weighted by Gasteiger charge is -2.33. The van der Waals surface area contributed by atoms with Crippen LogP contribution in [0, 0.1) is 27.4 Å². The summed E-state index contributed by atoms with van der Waals surface area (Å²) in [6, 6.07) is 6.73. The number of hydrogen-bond donors (Lipinski definition) is 0. The summed E-state index contributed by atoms with van der Waals surface area (Å²) in [7, 11) is 0. The van der Waals surface area contributed by atoms with E-state index >= 15 is 0 Å². The van der Waals surface area contributed by atoms with Crippen molar-refractivity contribution in [2.24, 2.45) is 5.92 Å². The van der Waals surface area contributed by atoms with Crippen LogP contribution in [-0.2, 0) is 0 Å². The first-order valence-electron chi connectivity index (χ1n) is 6.59. The van der Waals surface area contributed by atoms with Gasteiger partial charge < -0.3 is 4.90 Å². The normalized spacial score (nSPS) is 16.1. The Morgan fingerprint density at radius 1 is 1.47 bits per heavy atom. The van der Waals surface area contributed by atoms with Crippen LogP contribution >= 0.6 is 0 Å². The van der Waals surface area contributed by atoms with Crippen molar-refractivity contribution >= 4 is 11.4 Å². The molecule has 100 valence electrons. The van der Waals surface area contributed by atoms with Crippen molar-refractivity contribution in [1.29, 1.82) is 5.26 Å². The van der Waals surface area contributed by atoms with Crippen molar-refractivity contribution in [3.63, 3.8) is 0 Å². The van der Waals surface area contributed by atoms with E-state index in [1.165, 1.54) is 12.5 Å². The zero-order chi connectivity index (χ0) is 13.8. The van der Waals surface area contributed by atoms with Crippen molar-refractivity contribution in [1.82, 2.24) is 0 Å². The second kappa shape index (κ2) is 5.70. The molecule has 0 atom stereocenters. The molecule has 0 N–H and O–H groups in total. The van der Waals surface area contributed by atoms with Crippen LogP contribution in [0.5, 0.6) is 0 Å². The number of benzene rings is 1. The molecule has 5 heteroatoms. The quantitative estimate of drug-likeness (QED) is 0.617. The maximum atomic E-state index is 10.9. The highest BCUT2D eigenvalue weighted by Crippen LogP contribution is 2.29. The highest BCUT2D eigenvalue weighted by molar-refractivity contribution is 5.60. The van der Waals surface area contributed by atoms with Crippen molar-refractivity contribution in [2.75, 3.05) is 18.0 Å². The summed E-state index contributed by atoms with van der Waals surface area (Å²) in [6.45, 7) is 4.07. The predicted molar refractivity (Wildman–Crippen MR) is 73.0 cm³/mol. The minimum atomic E-state index is -0.485. The van der Waals surface area contributed by atoms with Gasteiger partial charge in [0.1, 0.15) is 11.6 Å². The largest absolute Gasteiger partial charge is 0.371 e. The highest BCUT2D eigenvalue weighted by atomic mass is 16.6. The van der Waals surface area contributed by atoms with Crippen molar-refractivity contribution in [3.8, 4) is 6.07 Å². The van der Waals surface area contributed by atoms with E-state index in [2.05, 4.69) is 11.8 Å². The predicted octanol–water partition coefficient (Wildman–Crippen LogP) is 3.09. The Hall–Kier alpha value is -2.09. The van der Waals surface area contributed by atoms with Crippen LogP contribution in [0.2, 0.25) is 0 Å². The van der Waals surface area contributed by atoms with Crippen LogP contribution in [0.25, 0.3) is 0 Å². The fourth-order valence-corrected chi connectivity index (χ4v) is 2.56. The fourth-order valence-electron chi connectivity index (χ4n) is 2.56. The average molecular weight is 259 g/mol. The molecule has 1 aliphatic heterocycles. The Bertz CT molecular complexity index is 514. The molecule has 0 aromatic heterocycles. The van der Waals surface area contributed by atoms with Gasteiger partial charge in [0.2, 0.25) is 0 Å². The first-order chi connectivity index (χ1) is 9.15. The maximum Gasteiger partial charge on any atom is 0.289 e. The molecule has 0 spiro atoms. The standard InChI is InChI=1S/C14H17N3O2/c1-2-11-5-7-16(8-6-11)13-4-3-12(10-15)14(9-13)17(18)19/h3-4,9,11H,2,5-8H2,1H3. The lowest BCUT2D eigenvalue weighted by Crippen LogP contribution is -2.33. The Morgan fingerprint density at radius 2 is 2.16 bits per heavy atom. The van der Waals surface area contributed by atoms with E-state index in [9.17, 15) is 10.1 Å². The van der Waals surface area contributed by atoms with Crippen molar-refractivity contribution in [3.05, 3.63) is 33.9 Å². The van der Waals surface area contributed by atoms with E-state index in [0.29, 0.717) is 0 Å². The molecule has 0 amide bonds. The van der Waals surface area contributed by atoms with E-state index in [1.807, 2.05) is 6.07 Å². The van der Waals surface area contributed by atoms with Gasteiger partial charge in [0.05, 0.1) is 4.92 Å². The number of rotatable bonds is 3. The minimum absolute atomic E-state index is 0.0994. The van der Waals surface area contributed by atoms with Crippen LogP contribution in [0.15, 0.2) is 18.2 Å². The number of nitriles is 1. The molecule has 0 bridgehead atoms. The summed E-state index contributed by atoms with van der Waals surface area (Å²) in [6.07, 6.45) is 3.45. The molecule has 0 radical (unpaired) electrons. The molecule has 1 aromatic carbocycles. The van der Waals surface area contributed by atoms with Gasteiger partial charge in [-0.3, -0.25) is 10.1 Å². The van der Waals surface area contributed by atoms with Gasteiger partial charge in [-0.2, -0.15) is 5.26 Å². The number of piperidine rings is 1. The molecule has 2 rings (SSSR count). The topological polar surface area (TPSA) is 70.2 Å². The van der Waals surface area contributed by atoms with Gasteiger partial charge in [0, 0.05) is 24.8 Å². The van der Waals surface area contributed by atoms with E-state index < -0.39 is 4.92 Å². The van der Waals surface area contributed by atoms with Gasteiger partial charge in [-0.25, -0.2) is 0 Å². The molecule has 19 heavy (non-hydrogen) atoms. The lowest BCUT2D eigenvalue weighted by molar-refractivity contribution is -0.385. The average Bonchev–Trinajstić information content (AvgIpc) is 2.46. The van der Waals surface area contributed by atoms with E-state index in [1.54, 1.807) is 12.1 Å². The Balaban J connectivity index is 2.20. The van der Waals surface area contributed by atoms with Crippen molar-refractivity contribution in [2.45, 2.75) is 26.2 Å². The van der Waals surface area contributed by atoms with E-state index in [4.69, 9.17) is 5.26 Å². The summed E-state index contributed by atoms with van der Waals surface area (Å²) in [4.78, 5) is 12.6. The molecule has 5 nitrogen and oxygen atoms in total. The molecule has 1 aromatic rings. The van der Waals surface area contributed by atoms with Gasteiger partial charge in [-0.05, 0) is 30.9 Å². The molecule has 0 saturated carbocycles. The number of nitro benzene ring substituents is 1. The third-order valence-electron chi connectivity index (χ3n) is 3.86. The first-order valence-corrected chi connectivity index (χ1v) is 6.59. The summed E-state index contributed by atoms with van der Waals surface area (Å²) in [5, 5.41) is 19.8. The monoisotopic (exact) mass is 259 g/mol. The molecular weight excluding hydrogens is 242 g/mol. The highest BCUT2D eigenvalue weighted by Gasteiger charge is 2.21. The van der Waals surface area contributed by atoms with Gasteiger partial charge in [-0.15, -0.1) is 0 Å².